The first kappa shape index (κ1) is 71.5. The number of halogens is 2. The second-order valence-corrected chi connectivity index (χ2v) is 27.1. The third kappa shape index (κ3) is 15.2. The molecule has 0 N–H and O–H groups in total. The zero-order valence-electron chi connectivity index (χ0n) is 54.5. The maximum absolute atomic E-state index is 6.33. The van der Waals surface area contributed by atoms with E-state index in [-0.39, 0.29) is 72.8 Å². The Balaban J connectivity index is 0.000000189. The van der Waals surface area contributed by atoms with Gasteiger partial charge in [0.1, 0.15) is 0 Å². The van der Waals surface area contributed by atoms with Crippen LogP contribution < -0.4 is 29.8 Å². The molecule has 451 valence electrons. The van der Waals surface area contributed by atoms with Crippen molar-refractivity contribution in [3.8, 4) is 0 Å². The number of nitrogens with zero attached hydrogens (tertiary/aromatic N) is 4. The van der Waals surface area contributed by atoms with Crippen LogP contribution in [0.15, 0.2) is 135 Å². The van der Waals surface area contributed by atoms with Gasteiger partial charge in [0.25, 0.3) is 0 Å². The molecule has 86 heavy (non-hydrogen) atoms. The van der Waals surface area contributed by atoms with E-state index < -0.39 is 7.32 Å². The summed E-state index contributed by atoms with van der Waals surface area (Å²) in [5.74, 6) is 0. The minimum atomic E-state index is -0.523. The molecule has 0 spiro atoms. The van der Waals surface area contributed by atoms with E-state index in [9.17, 15) is 0 Å². The van der Waals surface area contributed by atoms with Crippen molar-refractivity contribution in [2.45, 2.75) is 197 Å². The van der Waals surface area contributed by atoms with Crippen molar-refractivity contribution in [3.63, 3.8) is 0 Å². The number of hydrogen-bond donors (Lipinski definition) is 1. The minimum Gasteiger partial charge on any atom is -0.343 e. The zero-order valence-corrected chi connectivity index (χ0v) is 58.6. The molecule has 11 nitrogen and oxygen atoms in total. The van der Waals surface area contributed by atoms with Crippen LogP contribution in [0.5, 0.6) is 0 Å². The van der Waals surface area contributed by atoms with Crippen LogP contribution in [-0.4, -0.2) is 82.6 Å². The fraction of sp³-hybridized carbons (Fsp3) is 0.448. The van der Waals surface area contributed by atoms with E-state index in [1.165, 1.54) is 71.8 Å². The quantitative estimate of drug-likeness (QED) is 0.0920. The average molecular weight is 1300 g/mol. The maximum Gasteiger partial charge on any atom is 1.00 e. The summed E-state index contributed by atoms with van der Waals surface area (Å²) in [4.78, 5) is 0. The van der Waals surface area contributed by atoms with Gasteiger partial charge in [-0.3, -0.25) is 0 Å². The Morgan fingerprint density at radius 1 is 0.477 bits per heavy atom. The van der Waals surface area contributed by atoms with E-state index in [0.717, 1.165) is 45.9 Å². The first-order valence-electron chi connectivity index (χ1n) is 29.9. The van der Waals surface area contributed by atoms with Crippen molar-refractivity contribution in [1.82, 2.24) is 13.7 Å². The molecule has 6 heterocycles. The number of rotatable bonds is 8. The summed E-state index contributed by atoms with van der Waals surface area (Å²) in [5.41, 5.74) is 7.69. The van der Waals surface area contributed by atoms with Gasteiger partial charge in [-0.2, -0.15) is 6.42 Å². The van der Waals surface area contributed by atoms with E-state index in [0.29, 0.717) is 0 Å². The van der Waals surface area contributed by atoms with Gasteiger partial charge in [0.15, 0.2) is 0 Å². The van der Waals surface area contributed by atoms with Crippen LogP contribution in [0.3, 0.4) is 0 Å². The molecule has 12 rings (SSSR count). The maximum atomic E-state index is 6.33. The summed E-state index contributed by atoms with van der Waals surface area (Å²) >= 11 is 10.3. The van der Waals surface area contributed by atoms with Gasteiger partial charge >= 0.3 is 65.2 Å². The van der Waals surface area contributed by atoms with Crippen molar-refractivity contribution in [1.29, 1.82) is 0 Å². The number of aromatic nitrogens is 3. The Hall–Kier alpha value is -3.59. The monoisotopic (exact) mass is 1300 g/mol. The van der Waals surface area contributed by atoms with E-state index in [1.54, 1.807) is 0 Å². The second kappa shape index (κ2) is 29.1. The Morgan fingerprint density at radius 3 is 1.03 bits per heavy atom. The summed E-state index contributed by atoms with van der Waals surface area (Å²) in [7, 11) is 3.05. The minimum absolute atomic E-state index is 0. The van der Waals surface area contributed by atoms with Crippen LogP contribution in [0.25, 0.3) is 65.4 Å². The summed E-state index contributed by atoms with van der Waals surface area (Å²) in [6.45, 7) is 43.9. The summed E-state index contributed by atoms with van der Waals surface area (Å²) in [5, 5.41) is 7.70. The van der Waals surface area contributed by atoms with E-state index >= 15 is 0 Å². The van der Waals surface area contributed by atoms with Crippen LogP contribution in [0.4, 0.5) is 0 Å². The van der Waals surface area contributed by atoms with Crippen LogP contribution in [0, 0.1) is 6.92 Å². The first-order valence-corrected chi connectivity index (χ1v) is 31.9. The Bertz CT molecular complexity index is 3520. The molecule has 3 fully saturated rings. The molecule has 3 aliphatic rings. The average Bonchev–Trinajstić information content (AvgIpc) is 2.78. The molecule has 1 radical (unpaired) electrons. The zero-order chi connectivity index (χ0) is 62.6. The van der Waals surface area contributed by atoms with Crippen molar-refractivity contribution >= 4 is 150 Å². The van der Waals surface area contributed by atoms with Crippen molar-refractivity contribution in [2.24, 2.45) is 4.30 Å². The topological polar surface area (TPSA) is 91.8 Å². The molecule has 0 amide bonds. The summed E-state index contributed by atoms with van der Waals surface area (Å²) < 4.78 is 54.0. The van der Waals surface area contributed by atoms with Crippen LogP contribution in [0.2, 0.25) is 0 Å². The Kier molecular flexibility index (Phi) is 24.2. The predicted octanol–water partition coefficient (Wildman–Crippen LogP) is 14.4. The standard InChI is InChI=1S/C26H35B2NO4.C14H11Br2N.C14H13N.C9H19BO3.C4H9.BHNS.Li/c1-10-29-21-13-11-17(27-30-23(2,3)24(4,5)31-27)15-19(21)20-16-18(12-14-22(20)29)28-32-25(6,7)26(8,9)33-28;1-2-17-13-5-3-9(15)7-11(13)12-8-10(16)4-6-14(12)17;1-2-15-13-9-5-3-7-11(13)12-8-4-6-10-14(12)15;1-7(2)11-10-12-8(3,4)9(5,6)13-10;1-3-4-2;1-2-3;/h11-16H,10H2,1-9H3;3-8H,2H2,1H3;3-10H,2H2,1H3;7H,1-6H3;1,3-4H2,2H3;3H;/q;;;;-1;;+1. The summed E-state index contributed by atoms with van der Waals surface area (Å²) in [6.07, 6.45) is 2.40. The molecule has 0 aliphatic carbocycles. The third-order valence-electron chi connectivity index (χ3n) is 17.3. The molecule has 3 saturated heterocycles. The molecule has 0 unspecified atom stereocenters. The van der Waals surface area contributed by atoms with Crippen molar-refractivity contribution < 1.29 is 51.4 Å². The molecule has 0 bridgehead atoms. The molecular formula is C67H88B4Br2LiN4O7S. The van der Waals surface area contributed by atoms with Gasteiger partial charge in [-0.25, -0.2) is 0 Å². The number of para-hydroxylation sites is 2. The third-order valence-corrected chi connectivity index (χ3v) is 18.3. The number of hydrogen-bond acceptors (Lipinski definition) is 9. The van der Waals surface area contributed by atoms with Gasteiger partial charge < -0.3 is 53.2 Å². The fourth-order valence-electron chi connectivity index (χ4n) is 10.5. The number of benzene rings is 6. The molecule has 3 aromatic heterocycles. The number of unbranched alkanes of at least 4 members (excludes halogenated alkanes) is 1. The smallest absolute Gasteiger partial charge is 0.343 e. The number of thiol groups is 1. The summed E-state index contributed by atoms with van der Waals surface area (Å²) in [6, 6.07) is 43.2. The van der Waals surface area contributed by atoms with Gasteiger partial charge in [0.05, 0.1) is 33.6 Å². The first-order chi connectivity index (χ1) is 40.0. The fourth-order valence-corrected chi connectivity index (χ4v) is 11.3. The van der Waals surface area contributed by atoms with E-state index in [2.05, 4.69) is 282 Å². The Morgan fingerprint density at radius 2 is 0.744 bits per heavy atom. The van der Waals surface area contributed by atoms with Crippen LogP contribution in [0.1, 0.15) is 137 Å². The molecule has 0 atom stereocenters. The van der Waals surface area contributed by atoms with Gasteiger partial charge in [0, 0.05) is 100 Å². The van der Waals surface area contributed by atoms with Gasteiger partial charge in [-0.1, -0.05) is 106 Å². The largest absolute Gasteiger partial charge is 1.00 e. The Labute approximate surface area is 549 Å². The van der Waals surface area contributed by atoms with E-state index in [1.807, 2.05) is 41.5 Å². The van der Waals surface area contributed by atoms with Gasteiger partial charge in [-0.15, -0.1) is 0 Å². The normalized spacial score (nSPS) is 17.5. The molecule has 6 aromatic carbocycles. The van der Waals surface area contributed by atoms with Crippen molar-refractivity contribution in [3.05, 3.63) is 137 Å². The number of aryl methyl sites for hydroxylation is 3. The van der Waals surface area contributed by atoms with Gasteiger partial charge in [0.2, 0.25) is 0 Å². The molecular weight excluding hydrogens is 1210 g/mol. The predicted molar refractivity (Wildman–Crippen MR) is 372 cm³/mol. The van der Waals surface area contributed by atoms with Gasteiger partial charge in [-0.05, 0) is 189 Å². The number of fused-ring (bicyclic) bond motifs is 9. The SMILES string of the molecule is CC(C)OB1OC(C)(C)C(C)(C)O1.CCn1c2ccc(B3OC(C)(C)C(C)(C)O3)cc2c2cc(B3OC(C)(C)C(C)(C)O3)ccc21.CCn1c2ccc(Br)cc2c2cc(Br)ccc21.CCn1c2ccccc2c2ccccc21.[B]=NS.[CH2-]CCC.[Li+]. The van der Waals surface area contributed by atoms with E-state index in [4.69, 9.17) is 32.6 Å². The van der Waals surface area contributed by atoms with Crippen LogP contribution in [-0.2, 0) is 52.2 Å². The van der Waals surface area contributed by atoms with Crippen LogP contribution >= 0.6 is 44.7 Å². The molecule has 0 saturated carbocycles. The van der Waals surface area contributed by atoms with Crippen molar-refractivity contribution in [2.75, 3.05) is 0 Å². The molecule has 9 aromatic rings. The second-order valence-electron chi connectivity index (χ2n) is 25.0. The molecule has 3 aliphatic heterocycles. The molecule has 19 heteroatoms.